The van der Waals surface area contributed by atoms with Gasteiger partial charge in [-0.2, -0.15) is 0 Å². The normalized spacial score (nSPS) is 30.4. The van der Waals surface area contributed by atoms with Crippen LogP contribution in [0, 0.1) is 5.92 Å². The zero-order valence-corrected chi connectivity index (χ0v) is 15.9. The lowest BCUT2D eigenvalue weighted by atomic mass is 9.97. The summed E-state index contributed by atoms with van der Waals surface area (Å²) >= 11 is 0. The first-order valence-electron chi connectivity index (χ1n) is 10.3. The molecule has 7 heteroatoms. The molecule has 1 aromatic rings. The fourth-order valence-electron chi connectivity index (χ4n) is 5.15. The van der Waals surface area contributed by atoms with E-state index in [0.29, 0.717) is 24.6 Å². The molecular weight excluding hydrogens is 356 g/mol. The number of benzene rings is 1. The molecule has 3 unspecified atom stereocenters. The summed E-state index contributed by atoms with van der Waals surface area (Å²) in [4.78, 5) is 40.5. The van der Waals surface area contributed by atoms with Crippen molar-refractivity contribution >= 4 is 17.7 Å². The van der Waals surface area contributed by atoms with Crippen molar-refractivity contribution in [3.8, 4) is 0 Å². The molecule has 2 bridgehead atoms. The van der Waals surface area contributed by atoms with Crippen molar-refractivity contribution in [3.05, 3.63) is 34.9 Å². The summed E-state index contributed by atoms with van der Waals surface area (Å²) in [6.45, 7) is 4.67. The highest BCUT2D eigenvalue weighted by Gasteiger charge is 2.39. The lowest BCUT2D eigenvalue weighted by molar-refractivity contribution is -0.136. The Morgan fingerprint density at radius 3 is 2.75 bits per heavy atom. The van der Waals surface area contributed by atoms with Gasteiger partial charge in [0.25, 0.3) is 5.91 Å². The Labute approximate surface area is 164 Å². The first-order valence-corrected chi connectivity index (χ1v) is 10.3. The Morgan fingerprint density at radius 1 is 1.07 bits per heavy atom. The average molecular weight is 382 g/mol. The molecule has 1 aromatic carbocycles. The summed E-state index contributed by atoms with van der Waals surface area (Å²) in [5.41, 5.74) is 2.90. The van der Waals surface area contributed by atoms with Gasteiger partial charge in [0.05, 0.1) is 0 Å². The summed E-state index contributed by atoms with van der Waals surface area (Å²) in [6.07, 6.45) is 3.27. The van der Waals surface area contributed by atoms with E-state index in [1.165, 1.54) is 18.4 Å². The Balaban J connectivity index is 1.30. The van der Waals surface area contributed by atoms with Gasteiger partial charge in [-0.25, -0.2) is 0 Å². The Morgan fingerprint density at radius 2 is 1.96 bits per heavy atom. The van der Waals surface area contributed by atoms with Gasteiger partial charge in [0.15, 0.2) is 0 Å². The van der Waals surface area contributed by atoms with Crippen LogP contribution in [0.2, 0.25) is 0 Å². The van der Waals surface area contributed by atoms with Crippen molar-refractivity contribution in [3.63, 3.8) is 0 Å². The van der Waals surface area contributed by atoms with Crippen LogP contribution < -0.4 is 10.6 Å². The van der Waals surface area contributed by atoms with Gasteiger partial charge in [0.2, 0.25) is 11.8 Å². The zero-order valence-electron chi connectivity index (χ0n) is 15.9. The second-order valence-corrected chi connectivity index (χ2v) is 8.63. The third-order valence-corrected chi connectivity index (χ3v) is 6.61. The quantitative estimate of drug-likeness (QED) is 0.750. The Kier molecular flexibility index (Phi) is 4.44. The fourth-order valence-corrected chi connectivity index (χ4v) is 5.15. The van der Waals surface area contributed by atoms with Crippen molar-refractivity contribution < 1.29 is 14.4 Å². The molecular formula is C21H26N4O3. The van der Waals surface area contributed by atoms with Gasteiger partial charge in [-0.1, -0.05) is 12.1 Å². The molecule has 0 radical (unpaired) electrons. The second kappa shape index (κ2) is 6.97. The van der Waals surface area contributed by atoms with E-state index in [0.717, 1.165) is 37.7 Å². The zero-order chi connectivity index (χ0) is 19.3. The van der Waals surface area contributed by atoms with Crippen molar-refractivity contribution in [2.45, 2.75) is 50.9 Å². The third kappa shape index (κ3) is 3.22. The van der Waals surface area contributed by atoms with Crippen LogP contribution in [-0.4, -0.2) is 59.2 Å². The van der Waals surface area contributed by atoms with E-state index in [1.54, 1.807) is 4.90 Å². The number of hydrogen-bond acceptors (Lipinski definition) is 5. The SMILES string of the molecule is O=C1CCC(N2Cc3cc(CN4CC5CCC(C4)NC5)ccc3C2=O)C(=O)N1. The van der Waals surface area contributed by atoms with Crippen LogP contribution in [0.15, 0.2) is 18.2 Å². The molecule has 4 fully saturated rings. The number of imide groups is 1. The summed E-state index contributed by atoms with van der Waals surface area (Å²) in [5.74, 6) is 0.0182. The number of nitrogens with zero attached hydrogens (tertiary/aromatic N) is 2. The molecule has 6 rings (SSSR count). The molecule has 5 heterocycles. The topological polar surface area (TPSA) is 81.8 Å². The maximum Gasteiger partial charge on any atom is 0.255 e. The van der Waals surface area contributed by atoms with Crippen molar-refractivity contribution in [1.82, 2.24) is 20.4 Å². The summed E-state index contributed by atoms with van der Waals surface area (Å²) in [6, 6.07) is 6.12. The molecule has 4 saturated heterocycles. The Bertz CT molecular complexity index is 817. The van der Waals surface area contributed by atoms with Gasteiger partial charge in [-0.3, -0.25) is 24.6 Å². The highest BCUT2D eigenvalue weighted by Crippen LogP contribution is 2.29. The predicted molar refractivity (Wildman–Crippen MR) is 102 cm³/mol. The average Bonchev–Trinajstić information content (AvgIpc) is 2.82. The van der Waals surface area contributed by atoms with Gasteiger partial charge in [-0.05, 0) is 48.9 Å². The summed E-state index contributed by atoms with van der Waals surface area (Å²) in [5, 5.41) is 5.99. The number of hydrogen-bond donors (Lipinski definition) is 2. The minimum Gasteiger partial charge on any atom is -0.322 e. The number of amides is 3. The van der Waals surface area contributed by atoms with Crippen LogP contribution in [0.25, 0.3) is 0 Å². The largest absolute Gasteiger partial charge is 0.322 e. The van der Waals surface area contributed by atoms with E-state index in [1.807, 2.05) is 12.1 Å². The van der Waals surface area contributed by atoms with Crippen LogP contribution in [-0.2, 0) is 22.7 Å². The van der Waals surface area contributed by atoms with Gasteiger partial charge in [0.1, 0.15) is 6.04 Å². The smallest absolute Gasteiger partial charge is 0.255 e. The first-order chi connectivity index (χ1) is 13.6. The molecule has 3 amide bonds. The number of piperidine rings is 2. The van der Waals surface area contributed by atoms with E-state index in [9.17, 15) is 14.4 Å². The minimum atomic E-state index is -0.548. The second-order valence-electron chi connectivity index (χ2n) is 8.63. The number of nitrogens with one attached hydrogen (secondary N) is 2. The molecule has 5 aliphatic heterocycles. The van der Waals surface area contributed by atoms with E-state index in [-0.39, 0.29) is 24.1 Å². The van der Waals surface area contributed by atoms with Gasteiger partial charge >= 0.3 is 0 Å². The molecule has 0 spiro atoms. The molecule has 148 valence electrons. The maximum absolute atomic E-state index is 12.8. The van der Waals surface area contributed by atoms with Gasteiger partial charge < -0.3 is 10.2 Å². The molecule has 7 nitrogen and oxygen atoms in total. The van der Waals surface area contributed by atoms with Crippen LogP contribution in [0.5, 0.6) is 0 Å². The van der Waals surface area contributed by atoms with E-state index >= 15 is 0 Å². The van der Waals surface area contributed by atoms with Crippen molar-refractivity contribution in [2.75, 3.05) is 19.6 Å². The minimum absolute atomic E-state index is 0.104. The number of carbonyl (C=O) groups excluding carboxylic acids is 3. The van der Waals surface area contributed by atoms with E-state index in [4.69, 9.17) is 0 Å². The molecule has 0 saturated carbocycles. The molecule has 0 aliphatic carbocycles. The monoisotopic (exact) mass is 382 g/mol. The van der Waals surface area contributed by atoms with E-state index < -0.39 is 6.04 Å². The van der Waals surface area contributed by atoms with Crippen LogP contribution in [0.3, 0.4) is 0 Å². The molecule has 28 heavy (non-hydrogen) atoms. The molecule has 3 atom stereocenters. The third-order valence-electron chi connectivity index (χ3n) is 6.61. The van der Waals surface area contributed by atoms with E-state index in [2.05, 4.69) is 21.6 Å². The highest BCUT2D eigenvalue weighted by molar-refractivity contribution is 6.05. The fraction of sp³-hybridized carbons (Fsp3) is 0.571. The van der Waals surface area contributed by atoms with Crippen LogP contribution in [0.1, 0.15) is 47.2 Å². The van der Waals surface area contributed by atoms with Crippen LogP contribution >= 0.6 is 0 Å². The van der Waals surface area contributed by atoms with Gasteiger partial charge in [0, 0.05) is 44.2 Å². The molecule has 2 N–H and O–H groups in total. The standard InChI is InChI=1S/C21H26N4O3/c26-19-6-5-18(20(27)23-19)25-11-15-7-13(2-4-17(15)21(25)28)9-24-10-14-1-3-16(12-24)22-8-14/h2,4,7,14,16,18,22H,1,3,5-6,8-12H2,(H,23,26,27). The first kappa shape index (κ1) is 17.8. The van der Waals surface area contributed by atoms with Crippen molar-refractivity contribution in [2.24, 2.45) is 5.92 Å². The maximum atomic E-state index is 12.8. The number of fused-ring (bicyclic) bond motifs is 5. The lowest BCUT2D eigenvalue weighted by Gasteiger charge is -2.29. The van der Waals surface area contributed by atoms with Gasteiger partial charge in [-0.15, -0.1) is 0 Å². The number of rotatable bonds is 3. The Hall–Kier alpha value is -2.25. The van der Waals surface area contributed by atoms with Crippen molar-refractivity contribution in [1.29, 1.82) is 0 Å². The molecule has 0 aromatic heterocycles. The van der Waals surface area contributed by atoms with Crippen LogP contribution in [0.4, 0.5) is 0 Å². The predicted octanol–water partition coefficient (Wildman–Crippen LogP) is 0.631. The summed E-state index contributed by atoms with van der Waals surface area (Å²) < 4.78 is 0. The molecule has 5 aliphatic rings. The lowest BCUT2D eigenvalue weighted by Crippen LogP contribution is -2.52. The highest BCUT2D eigenvalue weighted by atomic mass is 16.2. The number of carbonyl (C=O) groups is 3. The summed E-state index contributed by atoms with van der Waals surface area (Å²) in [7, 11) is 0.